The molecule has 4 rings (SSSR count). The van der Waals surface area contributed by atoms with Gasteiger partial charge in [-0.1, -0.05) is 18.9 Å². The minimum absolute atomic E-state index is 0.111. The molecule has 2 aromatic carbocycles. The van der Waals surface area contributed by atoms with E-state index in [-0.39, 0.29) is 16.1 Å². The van der Waals surface area contributed by atoms with Crippen LogP contribution in [0.1, 0.15) is 36.0 Å². The van der Waals surface area contributed by atoms with Crippen LogP contribution in [0.15, 0.2) is 47.4 Å². The zero-order valence-electron chi connectivity index (χ0n) is 18.8. The molecule has 2 aromatic rings. The van der Waals surface area contributed by atoms with Gasteiger partial charge in [0.05, 0.1) is 34.3 Å². The molecule has 1 N–H and O–H groups in total. The molecule has 0 bridgehead atoms. The normalized spacial score (nSPS) is 17.7. The van der Waals surface area contributed by atoms with Gasteiger partial charge in [0, 0.05) is 44.0 Å². The number of nitro groups is 1. The summed E-state index contributed by atoms with van der Waals surface area (Å²) in [6.07, 6.45) is 3.67. The number of hydrogen-bond acceptors (Lipinski definition) is 7. The average Bonchev–Trinajstić information content (AvgIpc) is 3.15. The van der Waals surface area contributed by atoms with Crippen LogP contribution in [0.5, 0.6) is 0 Å². The Labute approximate surface area is 198 Å². The van der Waals surface area contributed by atoms with E-state index in [0.717, 1.165) is 25.7 Å². The van der Waals surface area contributed by atoms with E-state index in [9.17, 15) is 23.3 Å². The number of nitro benzene ring substituents is 1. The first kappa shape index (κ1) is 24.1. The van der Waals surface area contributed by atoms with Crippen LogP contribution in [0.4, 0.5) is 17.1 Å². The monoisotopic (exact) mass is 488 g/mol. The van der Waals surface area contributed by atoms with Gasteiger partial charge in [-0.25, -0.2) is 8.42 Å². The molecule has 0 radical (unpaired) electrons. The van der Waals surface area contributed by atoms with E-state index in [0.29, 0.717) is 50.8 Å². The Kier molecular flexibility index (Phi) is 7.44. The summed E-state index contributed by atoms with van der Waals surface area (Å²) in [5, 5.41) is 14.0. The first-order valence-electron chi connectivity index (χ1n) is 11.4. The molecular formula is C23H28N4O6S. The molecule has 2 fully saturated rings. The highest BCUT2D eigenvalue weighted by Crippen LogP contribution is 2.28. The number of nitrogens with zero attached hydrogens (tertiary/aromatic N) is 3. The van der Waals surface area contributed by atoms with Crippen LogP contribution >= 0.6 is 0 Å². The lowest BCUT2D eigenvalue weighted by Crippen LogP contribution is -2.37. The fourth-order valence-electron chi connectivity index (χ4n) is 4.26. The number of hydrogen-bond donors (Lipinski definition) is 1. The van der Waals surface area contributed by atoms with Crippen LogP contribution in [0.2, 0.25) is 0 Å². The number of benzene rings is 2. The molecule has 2 saturated heterocycles. The zero-order chi connectivity index (χ0) is 24.1. The van der Waals surface area contributed by atoms with Crippen molar-refractivity contribution >= 4 is 33.0 Å². The predicted octanol–water partition coefficient (Wildman–Crippen LogP) is 3.25. The Morgan fingerprint density at radius 2 is 1.68 bits per heavy atom. The number of amides is 1. The summed E-state index contributed by atoms with van der Waals surface area (Å²) in [6.45, 7) is 3.07. The smallest absolute Gasteiger partial charge is 0.270 e. The van der Waals surface area contributed by atoms with Gasteiger partial charge in [-0.05, 0) is 37.1 Å². The molecule has 1 amide bonds. The number of non-ortho nitro benzene ring substituents is 1. The van der Waals surface area contributed by atoms with Gasteiger partial charge in [0.25, 0.3) is 11.6 Å². The Morgan fingerprint density at radius 1 is 0.971 bits per heavy atom. The largest absolute Gasteiger partial charge is 0.378 e. The molecule has 2 aliphatic rings. The van der Waals surface area contributed by atoms with Crippen LogP contribution in [-0.2, 0) is 14.8 Å². The van der Waals surface area contributed by atoms with Crippen molar-refractivity contribution in [1.82, 2.24) is 4.31 Å². The van der Waals surface area contributed by atoms with Crippen molar-refractivity contribution in [3.8, 4) is 0 Å². The fourth-order valence-corrected chi connectivity index (χ4v) is 5.83. The zero-order valence-corrected chi connectivity index (χ0v) is 19.6. The number of nitrogens with one attached hydrogen (secondary N) is 1. The second-order valence-corrected chi connectivity index (χ2v) is 10.3. The molecule has 2 heterocycles. The lowest BCUT2D eigenvalue weighted by molar-refractivity contribution is -0.384. The summed E-state index contributed by atoms with van der Waals surface area (Å²) in [7, 11) is -3.68. The third-order valence-corrected chi connectivity index (χ3v) is 7.98. The Bertz CT molecular complexity index is 1160. The number of carbonyl (C=O) groups excluding carboxylic acids is 1. The Balaban J connectivity index is 1.60. The lowest BCUT2D eigenvalue weighted by Gasteiger charge is -2.30. The molecule has 0 spiro atoms. The van der Waals surface area contributed by atoms with Crippen molar-refractivity contribution in [2.24, 2.45) is 0 Å². The summed E-state index contributed by atoms with van der Waals surface area (Å²) in [6, 6.07) is 10.3. The van der Waals surface area contributed by atoms with Crippen LogP contribution < -0.4 is 10.2 Å². The topological polar surface area (TPSA) is 122 Å². The molecule has 0 saturated carbocycles. The lowest BCUT2D eigenvalue weighted by atomic mass is 10.1. The third-order valence-electron chi connectivity index (χ3n) is 6.08. The van der Waals surface area contributed by atoms with E-state index in [2.05, 4.69) is 5.32 Å². The van der Waals surface area contributed by atoms with Gasteiger partial charge in [0.1, 0.15) is 0 Å². The number of anilines is 2. The molecule has 0 unspecified atom stereocenters. The summed E-state index contributed by atoms with van der Waals surface area (Å²) in [5.41, 5.74) is 0.830. The van der Waals surface area contributed by atoms with Gasteiger partial charge >= 0.3 is 0 Å². The van der Waals surface area contributed by atoms with Gasteiger partial charge in [0.2, 0.25) is 10.0 Å². The van der Waals surface area contributed by atoms with Gasteiger partial charge in [-0.2, -0.15) is 4.31 Å². The van der Waals surface area contributed by atoms with E-state index in [4.69, 9.17) is 4.74 Å². The quantitative estimate of drug-likeness (QED) is 0.489. The van der Waals surface area contributed by atoms with Crippen LogP contribution in [0.3, 0.4) is 0 Å². The molecule has 0 aromatic heterocycles. The van der Waals surface area contributed by atoms with Crippen LogP contribution in [0.25, 0.3) is 0 Å². The summed E-state index contributed by atoms with van der Waals surface area (Å²) in [4.78, 5) is 26.0. The third kappa shape index (κ3) is 5.37. The molecule has 2 aliphatic heterocycles. The van der Waals surface area contributed by atoms with Gasteiger partial charge < -0.3 is 15.0 Å². The van der Waals surface area contributed by atoms with Crippen molar-refractivity contribution in [3.63, 3.8) is 0 Å². The minimum Gasteiger partial charge on any atom is -0.378 e. The van der Waals surface area contributed by atoms with Gasteiger partial charge in [-0.3, -0.25) is 14.9 Å². The molecule has 0 atom stereocenters. The first-order valence-corrected chi connectivity index (χ1v) is 12.8. The number of morpholine rings is 1. The highest BCUT2D eigenvalue weighted by molar-refractivity contribution is 7.89. The van der Waals surface area contributed by atoms with E-state index < -0.39 is 20.9 Å². The number of rotatable bonds is 6. The van der Waals surface area contributed by atoms with E-state index >= 15 is 0 Å². The van der Waals surface area contributed by atoms with Gasteiger partial charge in [0.15, 0.2) is 0 Å². The molecule has 34 heavy (non-hydrogen) atoms. The summed E-state index contributed by atoms with van der Waals surface area (Å²) in [5.74, 6) is -0.547. The van der Waals surface area contributed by atoms with Crippen LogP contribution in [0, 0.1) is 10.1 Å². The predicted molar refractivity (Wildman–Crippen MR) is 128 cm³/mol. The number of ether oxygens (including phenoxy) is 1. The van der Waals surface area contributed by atoms with Crippen molar-refractivity contribution < 1.29 is 22.9 Å². The maximum atomic E-state index is 13.2. The SMILES string of the molecule is O=C(Nc1cccc(S(=O)(=O)N2CCCCCC2)c1)c1cc([N+](=O)[O-])ccc1N1CCOCC1. The number of sulfonamides is 1. The van der Waals surface area contributed by atoms with Crippen molar-refractivity contribution in [1.29, 1.82) is 0 Å². The molecule has 11 heteroatoms. The Morgan fingerprint density at radius 3 is 2.35 bits per heavy atom. The fraction of sp³-hybridized carbons (Fsp3) is 0.435. The maximum Gasteiger partial charge on any atom is 0.270 e. The van der Waals surface area contributed by atoms with Gasteiger partial charge in [-0.15, -0.1) is 0 Å². The van der Waals surface area contributed by atoms with Crippen molar-refractivity contribution in [2.75, 3.05) is 49.6 Å². The van der Waals surface area contributed by atoms with E-state index in [1.165, 1.54) is 28.6 Å². The maximum absolute atomic E-state index is 13.2. The average molecular weight is 489 g/mol. The van der Waals surface area contributed by atoms with Crippen LogP contribution in [-0.4, -0.2) is 62.9 Å². The molecule has 182 valence electrons. The minimum atomic E-state index is -3.68. The standard InChI is InChI=1S/C23H28N4O6S/c28-23(21-17-19(27(29)30)8-9-22(21)25-12-14-33-15-13-25)24-18-6-5-7-20(16-18)34(31,32)26-10-3-1-2-4-11-26/h5-9,16-17H,1-4,10-15H2,(H,24,28). The first-order chi connectivity index (χ1) is 16.4. The second kappa shape index (κ2) is 10.5. The highest BCUT2D eigenvalue weighted by atomic mass is 32.2. The Hall–Kier alpha value is -3.02. The van der Waals surface area contributed by atoms with E-state index in [1.807, 2.05) is 4.90 Å². The summed E-state index contributed by atoms with van der Waals surface area (Å²) < 4.78 is 33.2. The van der Waals surface area contributed by atoms with Crippen molar-refractivity contribution in [2.45, 2.75) is 30.6 Å². The second-order valence-electron chi connectivity index (χ2n) is 8.36. The molecule has 10 nitrogen and oxygen atoms in total. The number of carbonyl (C=O) groups is 1. The molecule has 0 aliphatic carbocycles. The summed E-state index contributed by atoms with van der Waals surface area (Å²) >= 11 is 0. The molecular weight excluding hydrogens is 460 g/mol. The highest BCUT2D eigenvalue weighted by Gasteiger charge is 2.26. The van der Waals surface area contributed by atoms with E-state index in [1.54, 1.807) is 18.2 Å². The van der Waals surface area contributed by atoms with Crippen molar-refractivity contribution in [3.05, 3.63) is 58.1 Å².